The van der Waals surface area contributed by atoms with Crippen LogP contribution >= 0.6 is 0 Å². The average Bonchev–Trinajstić information content (AvgIpc) is 2.47. The number of urea groups is 1. The van der Waals surface area contributed by atoms with Crippen LogP contribution in [0.2, 0.25) is 0 Å². The van der Waals surface area contributed by atoms with Crippen molar-refractivity contribution in [3.63, 3.8) is 0 Å². The van der Waals surface area contributed by atoms with Crippen molar-refractivity contribution in [2.24, 2.45) is 0 Å². The van der Waals surface area contributed by atoms with Crippen molar-refractivity contribution < 1.29 is 23.1 Å². The van der Waals surface area contributed by atoms with E-state index >= 15 is 0 Å². The number of allylic oxidation sites excluding steroid dienone is 1. The van der Waals surface area contributed by atoms with Crippen molar-refractivity contribution in [3.8, 4) is 0 Å². The van der Waals surface area contributed by atoms with Gasteiger partial charge in [-0.15, -0.1) is 0 Å². The smallest absolute Gasteiger partial charge is 0.338 e. The maximum Gasteiger partial charge on any atom is 0.338 e. The number of benzene rings is 1. The van der Waals surface area contributed by atoms with Gasteiger partial charge in [-0.2, -0.15) is 0 Å². The summed E-state index contributed by atoms with van der Waals surface area (Å²) in [6.07, 6.45) is 0. The van der Waals surface area contributed by atoms with Gasteiger partial charge in [0.05, 0.1) is 18.2 Å². The molecule has 1 aromatic carbocycles. The van der Waals surface area contributed by atoms with E-state index in [-0.39, 0.29) is 17.7 Å². The molecule has 1 aromatic rings. The Morgan fingerprint density at radius 2 is 2.05 bits per heavy atom. The van der Waals surface area contributed by atoms with Crippen LogP contribution in [0.25, 0.3) is 0 Å². The molecular formula is C15H16F2N2O3. The first-order chi connectivity index (χ1) is 10.4. The summed E-state index contributed by atoms with van der Waals surface area (Å²) in [6, 6.07) is 1.89. The number of ether oxygens (including phenoxy) is 1. The van der Waals surface area contributed by atoms with Gasteiger partial charge >= 0.3 is 12.0 Å². The maximum atomic E-state index is 13.5. The standard InChI is InChI=1S/C15H16F2N2O3/c1-4-22-14(20)12-8(2)19(3)15(21)18-13(12)9-5-6-10(16)11(17)7-9/h5-7,13H,4H2,1-3H3,(H,18,21)/t13-/m1/s1. The van der Waals surface area contributed by atoms with Crippen LogP contribution in [0.4, 0.5) is 13.6 Å². The second kappa shape index (κ2) is 6.13. The molecule has 1 N–H and O–H groups in total. The Morgan fingerprint density at radius 3 is 2.64 bits per heavy atom. The zero-order valence-electron chi connectivity index (χ0n) is 12.4. The molecule has 7 heteroatoms. The van der Waals surface area contributed by atoms with Gasteiger partial charge < -0.3 is 15.0 Å². The van der Waals surface area contributed by atoms with Crippen LogP contribution in [0.1, 0.15) is 25.5 Å². The van der Waals surface area contributed by atoms with Gasteiger partial charge in [0.25, 0.3) is 0 Å². The lowest BCUT2D eigenvalue weighted by atomic mass is 9.95. The molecule has 0 saturated carbocycles. The molecule has 0 unspecified atom stereocenters. The zero-order chi connectivity index (χ0) is 16.4. The molecule has 0 fully saturated rings. The second-order valence-electron chi connectivity index (χ2n) is 4.83. The van der Waals surface area contributed by atoms with E-state index in [0.717, 1.165) is 12.1 Å². The summed E-state index contributed by atoms with van der Waals surface area (Å²) in [5, 5.41) is 2.59. The summed E-state index contributed by atoms with van der Waals surface area (Å²) in [6.45, 7) is 3.42. The molecule has 1 aliphatic heterocycles. The highest BCUT2D eigenvalue weighted by molar-refractivity contribution is 5.94. The van der Waals surface area contributed by atoms with Gasteiger partial charge in [0.15, 0.2) is 11.6 Å². The molecule has 118 valence electrons. The quantitative estimate of drug-likeness (QED) is 0.873. The van der Waals surface area contributed by atoms with Crippen LogP contribution in [-0.2, 0) is 9.53 Å². The Balaban J connectivity index is 2.53. The predicted octanol–water partition coefficient (Wildman–Crippen LogP) is 2.50. The summed E-state index contributed by atoms with van der Waals surface area (Å²) in [7, 11) is 1.51. The summed E-state index contributed by atoms with van der Waals surface area (Å²) >= 11 is 0. The summed E-state index contributed by atoms with van der Waals surface area (Å²) in [5.74, 6) is -2.66. The van der Waals surface area contributed by atoms with Crippen molar-refractivity contribution in [2.75, 3.05) is 13.7 Å². The van der Waals surface area contributed by atoms with Crippen molar-refractivity contribution >= 4 is 12.0 Å². The highest BCUT2D eigenvalue weighted by atomic mass is 19.2. The van der Waals surface area contributed by atoms with E-state index in [4.69, 9.17) is 4.74 Å². The Morgan fingerprint density at radius 1 is 1.36 bits per heavy atom. The number of halogens is 2. The SMILES string of the molecule is CCOC(=O)C1=C(C)N(C)C(=O)N[C@@H]1c1ccc(F)c(F)c1. The summed E-state index contributed by atoms with van der Waals surface area (Å²) in [5.41, 5.74) is 0.856. The molecule has 1 heterocycles. The highest BCUT2D eigenvalue weighted by Crippen LogP contribution is 2.31. The minimum Gasteiger partial charge on any atom is -0.463 e. The van der Waals surface area contributed by atoms with Crippen molar-refractivity contribution in [3.05, 3.63) is 46.7 Å². The maximum absolute atomic E-state index is 13.5. The van der Waals surface area contributed by atoms with Crippen LogP contribution < -0.4 is 5.32 Å². The number of carbonyl (C=O) groups is 2. The third kappa shape index (κ3) is 2.79. The van der Waals surface area contributed by atoms with Gasteiger partial charge in [0, 0.05) is 12.7 Å². The van der Waals surface area contributed by atoms with Gasteiger partial charge in [-0.05, 0) is 31.5 Å². The zero-order valence-corrected chi connectivity index (χ0v) is 12.4. The molecule has 1 aliphatic rings. The Labute approximate surface area is 126 Å². The van der Waals surface area contributed by atoms with Crippen LogP contribution in [0.3, 0.4) is 0 Å². The Hall–Kier alpha value is -2.44. The lowest BCUT2D eigenvalue weighted by Gasteiger charge is -2.33. The summed E-state index contributed by atoms with van der Waals surface area (Å²) < 4.78 is 31.5. The van der Waals surface area contributed by atoms with Gasteiger partial charge in [0.2, 0.25) is 0 Å². The fourth-order valence-corrected chi connectivity index (χ4v) is 2.25. The minimum absolute atomic E-state index is 0.164. The van der Waals surface area contributed by atoms with Crippen molar-refractivity contribution in [1.29, 1.82) is 0 Å². The first kappa shape index (κ1) is 15.9. The molecule has 0 bridgehead atoms. The Kier molecular flexibility index (Phi) is 4.44. The van der Waals surface area contributed by atoms with Gasteiger partial charge in [-0.25, -0.2) is 18.4 Å². The molecule has 0 spiro atoms. The van der Waals surface area contributed by atoms with Crippen LogP contribution in [0.15, 0.2) is 29.5 Å². The van der Waals surface area contributed by atoms with Crippen molar-refractivity contribution in [1.82, 2.24) is 10.2 Å². The molecule has 0 aliphatic carbocycles. The lowest BCUT2D eigenvalue weighted by Crippen LogP contribution is -2.46. The Bertz CT molecular complexity index is 658. The number of hydrogen-bond donors (Lipinski definition) is 1. The fraction of sp³-hybridized carbons (Fsp3) is 0.333. The number of rotatable bonds is 3. The topological polar surface area (TPSA) is 58.6 Å². The van der Waals surface area contributed by atoms with E-state index in [0.29, 0.717) is 5.70 Å². The lowest BCUT2D eigenvalue weighted by molar-refractivity contribution is -0.139. The largest absolute Gasteiger partial charge is 0.463 e. The molecule has 0 radical (unpaired) electrons. The number of amides is 2. The molecule has 0 saturated heterocycles. The van der Waals surface area contributed by atoms with Crippen molar-refractivity contribution in [2.45, 2.75) is 19.9 Å². The van der Waals surface area contributed by atoms with Crippen LogP contribution in [0, 0.1) is 11.6 Å². The number of nitrogens with one attached hydrogen (secondary N) is 1. The number of esters is 1. The van der Waals surface area contributed by atoms with Crippen LogP contribution in [0.5, 0.6) is 0 Å². The van der Waals surface area contributed by atoms with E-state index in [1.165, 1.54) is 18.0 Å². The first-order valence-corrected chi connectivity index (χ1v) is 6.73. The first-order valence-electron chi connectivity index (χ1n) is 6.73. The molecular weight excluding hydrogens is 294 g/mol. The highest BCUT2D eigenvalue weighted by Gasteiger charge is 2.35. The minimum atomic E-state index is -1.05. The second-order valence-corrected chi connectivity index (χ2v) is 4.83. The molecule has 5 nitrogen and oxygen atoms in total. The van der Waals surface area contributed by atoms with Gasteiger partial charge in [-0.1, -0.05) is 6.07 Å². The van der Waals surface area contributed by atoms with E-state index in [1.54, 1.807) is 13.8 Å². The monoisotopic (exact) mass is 310 g/mol. The summed E-state index contributed by atoms with van der Waals surface area (Å²) in [4.78, 5) is 25.4. The molecule has 2 amide bonds. The number of hydrogen-bond acceptors (Lipinski definition) is 3. The van der Waals surface area contributed by atoms with Crippen LogP contribution in [-0.4, -0.2) is 30.6 Å². The third-order valence-corrected chi connectivity index (χ3v) is 3.53. The van der Waals surface area contributed by atoms with E-state index < -0.39 is 29.7 Å². The fourth-order valence-electron chi connectivity index (χ4n) is 2.25. The number of carbonyl (C=O) groups excluding carboxylic acids is 2. The van der Waals surface area contributed by atoms with E-state index in [2.05, 4.69) is 5.32 Å². The predicted molar refractivity (Wildman–Crippen MR) is 74.7 cm³/mol. The molecule has 22 heavy (non-hydrogen) atoms. The normalized spacial score (nSPS) is 18.3. The molecule has 1 atom stereocenters. The average molecular weight is 310 g/mol. The third-order valence-electron chi connectivity index (χ3n) is 3.53. The van der Waals surface area contributed by atoms with Gasteiger partial charge in [-0.3, -0.25) is 0 Å². The molecule has 2 rings (SSSR count). The van der Waals surface area contributed by atoms with Gasteiger partial charge in [0.1, 0.15) is 0 Å². The van der Waals surface area contributed by atoms with E-state index in [1.807, 2.05) is 0 Å². The number of nitrogens with zero attached hydrogens (tertiary/aromatic N) is 1. The van der Waals surface area contributed by atoms with E-state index in [9.17, 15) is 18.4 Å². The molecule has 0 aromatic heterocycles.